The number of carbonyl (C=O) groups excluding carboxylic acids is 1. The molecule has 0 aliphatic heterocycles. The molecule has 3 heteroatoms. The number of hydrogen-bond acceptors (Lipinski definition) is 3. The third kappa shape index (κ3) is 5.11. The number of benzene rings is 4. The summed E-state index contributed by atoms with van der Waals surface area (Å²) in [6.07, 6.45) is 4.08. The van der Waals surface area contributed by atoms with Crippen LogP contribution < -0.4 is 9.47 Å². The lowest BCUT2D eigenvalue weighted by atomic mass is 9.74. The fraction of sp³-hybridized carbons (Fsp3) is 0.306. The summed E-state index contributed by atoms with van der Waals surface area (Å²) in [5.74, 6) is 0.516. The van der Waals surface area contributed by atoms with E-state index in [9.17, 15) is 4.79 Å². The molecule has 0 saturated heterocycles. The van der Waals surface area contributed by atoms with Gasteiger partial charge in [0.2, 0.25) is 0 Å². The number of carbonyl (C=O) groups is 1. The van der Waals surface area contributed by atoms with E-state index in [4.69, 9.17) is 9.47 Å². The summed E-state index contributed by atoms with van der Waals surface area (Å²) >= 11 is 0. The van der Waals surface area contributed by atoms with E-state index in [0.29, 0.717) is 5.75 Å². The lowest BCUT2D eigenvalue weighted by Crippen LogP contribution is -2.30. The SMILES string of the molecule is COc1cc(C(C)(C)C)c(OC(=O)C2C=Cc3ccccc3C2c2cccc3ccccc23)c(C(C)(C)C)c1. The summed E-state index contributed by atoms with van der Waals surface area (Å²) in [6.45, 7) is 12.8. The van der Waals surface area contributed by atoms with Crippen LogP contribution in [0.1, 0.15) is 75.3 Å². The maximum atomic E-state index is 14.3. The molecule has 0 spiro atoms. The van der Waals surface area contributed by atoms with E-state index in [2.05, 4.69) is 108 Å². The number of fused-ring (bicyclic) bond motifs is 2. The molecule has 4 aromatic rings. The molecule has 0 amide bonds. The van der Waals surface area contributed by atoms with Gasteiger partial charge in [-0.05, 0) is 50.4 Å². The predicted octanol–water partition coefficient (Wildman–Crippen LogP) is 8.82. The second kappa shape index (κ2) is 10.0. The van der Waals surface area contributed by atoms with Gasteiger partial charge in [-0.15, -0.1) is 0 Å². The second-order valence-electron chi connectivity index (χ2n) is 12.5. The fourth-order valence-corrected chi connectivity index (χ4v) is 5.67. The zero-order chi connectivity index (χ0) is 27.9. The van der Waals surface area contributed by atoms with Crippen molar-refractivity contribution < 1.29 is 14.3 Å². The first kappa shape index (κ1) is 26.7. The molecular formula is C36H38O3. The Labute approximate surface area is 232 Å². The van der Waals surface area contributed by atoms with Crippen LogP contribution in [0.5, 0.6) is 11.5 Å². The van der Waals surface area contributed by atoms with Crippen molar-refractivity contribution in [3.05, 3.63) is 113 Å². The van der Waals surface area contributed by atoms with Gasteiger partial charge in [0.15, 0.2) is 0 Å². The summed E-state index contributed by atoms with van der Waals surface area (Å²) in [7, 11) is 1.68. The van der Waals surface area contributed by atoms with Gasteiger partial charge in [-0.1, -0.05) is 120 Å². The van der Waals surface area contributed by atoms with Crippen molar-refractivity contribution in [2.45, 2.75) is 58.3 Å². The van der Waals surface area contributed by atoms with Gasteiger partial charge in [-0.25, -0.2) is 0 Å². The molecule has 0 aromatic heterocycles. The Bertz CT molecular complexity index is 1520. The molecule has 5 rings (SSSR count). The Kier molecular flexibility index (Phi) is 6.88. The lowest BCUT2D eigenvalue weighted by Gasteiger charge is -2.33. The van der Waals surface area contributed by atoms with Crippen molar-refractivity contribution in [3.8, 4) is 11.5 Å². The lowest BCUT2D eigenvalue weighted by molar-refractivity contribution is -0.137. The molecule has 0 saturated carbocycles. The second-order valence-corrected chi connectivity index (χ2v) is 12.5. The topological polar surface area (TPSA) is 35.5 Å². The van der Waals surface area contributed by atoms with Gasteiger partial charge in [0.25, 0.3) is 0 Å². The molecule has 1 aliphatic rings. The van der Waals surface area contributed by atoms with E-state index in [1.165, 1.54) is 0 Å². The summed E-state index contributed by atoms with van der Waals surface area (Å²) in [6, 6.07) is 27.1. The molecule has 2 unspecified atom stereocenters. The van der Waals surface area contributed by atoms with Gasteiger partial charge in [-0.2, -0.15) is 0 Å². The number of methoxy groups -OCH3 is 1. The van der Waals surface area contributed by atoms with Crippen molar-refractivity contribution in [1.82, 2.24) is 0 Å². The van der Waals surface area contributed by atoms with E-state index >= 15 is 0 Å². The maximum absolute atomic E-state index is 14.3. The van der Waals surface area contributed by atoms with Crippen LogP contribution >= 0.6 is 0 Å². The molecule has 39 heavy (non-hydrogen) atoms. The fourth-order valence-electron chi connectivity index (χ4n) is 5.67. The van der Waals surface area contributed by atoms with Crippen LogP contribution in [-0.4, -0.2) is 13.1 Å². The Morgan fingerprint density at radius 1 is 0.744 bits per heavy atom. The highest BCUT2D eigenvalue weighted by Gasteiger charge is 2.37. The monoisotopic (exact) mass is 518 g/mol. The standard InChI is InChI=1S/C36H38O3/c1-35(2,3)30-21-25(38-7)22-31(36(4,5)6)33(30)39-34(37)29-20-19-24-14-9-11-17-27(24)32(29)28-18-12-15-23-13-8-10-16-26(23)28/h8-22,29,32H,1-7H3. The van der Waals surface area contributed by atoms with Gasteiger partial charge < -0.3 is 9.47 Å². The molecule has 0 N–H and O–H groups in total. The third-order valence-corrected chi connectivity index (χ3v) is 7.72. The van der Waals surface area contributed by atoms with Gasteiger partial charge >= 0.3 is 5.97 Å². The predicted molar refractivity (Wildman–Crippen MR) is 161 cm³/mol. The highest BCUT2D eigenvalue weighted by atomic mass is 16.5. The molecule has 4 aromatic carbocycles. The number of hydrogen-bond donors (Lipinski definition) is 0. The summed E-state index contributed by atoms with van der Waals surface area (Å²) in [5.41, 5.74) is 4.81. The molecule has 0 bridgehead atoms. The molecular weight excluding hydrogens is 480 g/mol. The molecule has 0 fully saturated rings. The van der Waals surface area contributed by atoms with Crippen LogP contribution in [0.2, 0.25) is 0 Å². The smallest absolute Gasteiger partial charge is 0.319 e. The zero-order valence-electron chi connectivity index (χ0n) is 24.0. The van der Waals surface area contributed by atoms with E-state index in [1.54, 1.807) is 7.11 Å². The van der Waals surface area contributed by atoms with Gasteiger partial charge in [0.1, 0.15) is 11.5 Å². The van der Waals surface area contributed by atoms with Gasteiger partial charge in [0, 0.05) is 17.0 Å². The van der Waals surface area contributed by atoms with Crippen molar-refractivity contribution in [2.24, 2.45) is 5.92 Å². The van der Waals surface area contributed by atoms with Crippen molar-refractivity contribution >= 4 is 22.8 Å². The summed E-state index contributed by atoms with van der Waals surface area (Å²) in [4.78, 5) is 14.3. The first-order chi connectivity index (χ1) is 18.5. The average molecular weight is 519 g/mol. The number of rotatable bonds is 4. The zero-order valence-corrected chi connectivity index (χ0v) is 24.0. The molecule has 1 aliphatic carbocycles. The van der Waals surface area contributed by atoms with Gasteiger partial charge in [0.05, 0.1) is 13.0 Å². The molecule has 0 radical (unpaired) electrons. The normalized spacial score (nSPS) is 17.1. The summed E-state index contributed by atoms with van der Waals surface area (Å²) < 4.78 is 12.2. The molecule has 0 heterocycles. The molecule has 2 atom stereocenters. The quantitative estimate of drug-likeness (QED) is 0.200. The highest BCUT2D eigenvalue weighted by Crippen LogP contribution is 2.46. The third-order valence-electron chi connectivity index (χ3n) is 7.72. The van der Waals surface area contributed by atoms with Crippen molar-refractivity contribution in [2.75, 3.05) is 7.11 Å². The number of esters is 1. The minimum absolute atomic E-state index is 0.167. The van der Waals surface area contributed by atoms with Crippen LogP contribution in [0.25, 0.3) is 16.8 Å². The average Bonchev–Trinajstić information content (AvgIpc) is 2.91. The van der Waals surface area contributed by atoms with Crippen molar-refractivity contribution in [1.29, 1.82) is 0 Å². The first-order valence-electron chi connectivity index (χ1n) is 13.7. The van der Waals surface area contributed by atoms with Crippen LogP contribution in [0.15, 0.2) is 84.9 Å². The molecule has 200 valence electrons. The largest absolute Gasteiger partial charge is 0.497 e. The Morgan fingerprint density at radius 2 is 1.33 bits per heavy atom. The summed E-state index contributed by atoms with van der Waals surface area (Å²) in [5, 5.41) is 2.32. The van der Waals surface area contributed by atoms with Gasteiger partial charge in [-0.3, -0.25) is 4.79 Å². The van der Waals surface area contributed by atoms with E-state index in [0.717, 1.165) is 44.3 Å². The van der Waals surface area contributed by atoms with E-state index < -0.39 is 5.92 Å². The minimum atomic E-state index is -0.478. The van der Waals surface area contributed by atoms with Crippen LogP contribution in [0.4, 0.5) is 0 Å². The Balaban J connectivity index is 1.66. The Morgan fingerprint density at radius 3 is 2.00 bits per heavy atom. The van der Waals surface area contributed by atoms with Crippen LogP contribution in [0, 0.1) is 5.92 Å². The maximum Gasteiger partial charge on any atom is 0.319 e. The minimum Gasteiger partial charge on any atom is -0.497 e. The number of ether oxygens (including phenoxy) is 2. The van der Waals surface area contributed by atoms with Crippen molar-refractivity contribution in [3.63, 3.8) is 0 Å². The Hall–Kier alpha value is -3.85. The highest BCUT2D eigenvalue weighted by molar-refractivity contribution is 5.90. The molecule has 3 nitrogen and oxygen atoms in total. The van der Waals surface area contributed by atoms with E-state index in [1.807, 2.05) is 24.3 Å². The first-order valence-corrected chi connectivity index (χ1v) is 13.7. The van der Waals surface area contributed by atoms with E-state index in [-0.39, 0.29) is 22.7 Å². The van der Waals surface area contributed by atoms with Crippen LogP contribution in [0.3, 0.4) is 0 Å². The van der Waals surface area contributed by atoms with Crippen LogP contribution in [-0.2, 0) is 15.6 Å².